The Kier molecular flexibility index (Phi) is 11.2. The minimum Gasteiger partial charge on any atom is -0.354 e. The second-order valence-corrected chi connectivity index (χ2v) is 13.0. The van der Waals surface area contributed by atoms with Gasteiger partial charge in [0.15, 0.2) is 0 Å². The highest BCUT2D eigenvalue weighted by atomic mass is 32.1. The van der Waals surface area contributed by atoms with Crippen molar-refractivity contribution in [2.45, 2.75) is 44.3 Å². The van der Waals surface area contributed by atoms with Crippen molar-refractivity contribution in [1.82, 2.24) is 15.1 Å². The predicted molar refractivity (Wildman–Crippen MR) is 190 cm³/mol. The van der Waals surface area contributed by atoms with Gasteiger partial charge in [0, 0.05) is 50.0 Å². The van der Waals surface area contributed by atoms with Crippen LogP contribution in [0, 0.1) is 0 Å². The zero-order valence-electron chi connectivity index (χ0n) is 27.1. The molecule has 4 aromatic carbocycles. The van der Waals surface area contributed by atoms with Crippen molar-refractivity contribution < 1.29 is 14.4 Å². The van der Waals surface area contributed by atoms with Gasteiger partial charge in [0.25, 0.3) is 5.91 Å². The molecule has 5 rings (SSSR count). The number of carbonyl (C=O) groups excluding carboxylic acids is 3. The van der Waals surface area contributed by atoms with Crippen LogP contribution in [0.1, 0.15) is 44.9 Å². The van der Waals surface area contributed by atoms with Gasteiger partial charge >= 0.3 is 0 Å². The number of benzene rings is 4. The summed E-state index contributed by atoms with van der Waals surface area (Å²) in [6.45, 7) is 2.31. The van der Waals surface area contributed by atoms with E-state index in [1.165, 1.54) is 9.80 Å². The Balaban J connectivity index is 1.44. The second-order valence-electron chi connectivity index (χ2n) is 12.0. The predicted octanol–water partition coefficient (Wildman–Crippen LogP) is 6.03. The lowest BCUT2D eigenvalue weighted by Crippen LogP contribution is -2.56. The van der Waals surface area contributed by atoms with Gasteiger partial charge in [-0.25, -0.2) is 0 Å². The summed E-state index contributed by atoms with van der Waals surface area (Å²) in [7, 11) is 3.33. The van der Waals surface area contributed by atoms with Crippen LogP contribution in [0.5, 0.6) is 0 Å². The van der Waals surface area contributed by atoms with E-state index in [0.29, 0.717) is 24.9 Å². The lowest BCUT2D eigenvalue weighted by atomic mass is 9.98. The van der Waals surface area contributed by atoms with Crippen molar-refractivity contribution in [2.24, 2.45) is 5.73 Å². The Hall–Kier alpha value is -4.79. The van der Waals surface area contributed by atoms with Crippen molar-refractivity contribution in [3.05, 3.63) is 142 Å². The molecule has 0 fully saturated rings. The van der Waals surface area contributed by atoms with Crippen molar-refractivity contribution in [3.63, 3.8) is 0 Å². The van der Waals surface area contributed by atoms with E-state index in [4.69, 9.17) is 5.73 Å². The summed E-state index contributed by atoms with van der Waals surface area (Å²) in [5, 5.41) is 7.17. The van der Waals surface area contributed by atoms with Crippen molar-refractivity contribution in [2.75, 3.05) is 20.6 Å². The molecule has 47 heavy (non-hydrogen) atoms. The average Bonchev–Trinajstić information content (AvgIpc) is 3.62. The first-order valence-electron chi connectivity index (χ1n) is 15.9. The topological polar surface area (TPSA) is 95.7 Å². The lowest BCUT2D eigenvalue weighted by molar-refractivity contribution is -0.142. The summed E-state index contributed by atoms with van der Waals surface area (Å²) in [6.07, 6.45) is 1.33. The number of nitrogens with two attached hydrogens (primary N) is 1. The largest absolute Gasteiger partial charge is 0.354 e. The van der Waals surface area contributed by atoms with E-state index < -0.39 is 12.1 Å². The molecule has 0 saturated heterocycles. The quantitative estimate of drug-likeness (QED) is 0.163. The van der Waals surface area contributed by atoms with E-state index in [-0.39, 0.29) is 30.2 Å². The number of nitrogens with one attached hydrogen (secondary N) is 1. The van der Waals surface area contributed by atoms with Gasteiger partial charge in [0.1, 0.15) is 12.1 Å². The first-order chi connectivity index (χ1) is 22.7. The Morgan fingerprint density at radius 2 is 1.49 bits per heavy atom. The van der Waals surface area contributed by atoms with Crippen LogP contribution in [0.2, 0.25) is 0 Å². The SMILES string of the molecule is CC(N)c1cccc(C(=O)N(C)[C@H](Cc2ccc3ccccc3c2)C(=O)N(C)[C@H](Cc2cccs2)C(=O)NCCc2ccccc2)c1. The highest BCUT2D eigenvalue weighted by molar-refractivity contribution is 7.09. The molecule has 1 unspecified atom stereocenters. The van der Waals surface area contributed by atoms with Gasteiger partial charge < -0.3 is 20.9 Å². The zero-order chi connectivity index (χ0) is 33.3. The lowest BCUT2D eigenvalue weighted by Gasteiger charge is -2.34. The zero-order valence-corrected chi connectivity index (χ0v) is 28.0. The molecule has 3 N–H and O–H groups in total. The van der Waals surface area contributed by atoms with Crippen molar-refractivity contribution >= 4 is 39.8 Å². The maximum absolute atomic E-state index is 14.6. The van der Waals surface area contributed by atoms with Crippen LogP contribution in [0.3, 0.4) is 0 Å². The standard InChI is InChI=1S/C39H42N4O3S/c1-27(40)31-15-9-16-33(25-31)38(45)43(3)36(24-29-18-19-30-13-7-8-14-32(30)23-29)39(46)42(2)35(26-34-17-10-22-47-34)37(44)41-21-20-28-11-5-4-6-12-28/h4-19,22-23,25,27,35-36H,20-21,24,26,40H2,1-3H3,(H,41,44)/t27?,35-,36-/m1/s1. The van der Waals surface area contributed by atoms with Crippen LogP contribution in [0.4, 0.5) is 0 Å². The molecule has 0 bridgehead atoms. The van der Waals surface area contributed by atoms with Gasteiger partial charge in [-0.3, -0.25) is 14.4 Å². The molecule has 3 atom stereocenters. The van der Waals surface area contributed by atoms with Gasteiger partial charge in [0.2, 0.25) is 11.8 Å². The molecule has 1 aromatic heterocycles. The molecule has 1 heterocycles. The number of rotatable bonds is 13. The molecule has 5 aromatic rings. The van der Waals surface area contributed by atoms with Crippen LogP contribution in [0.25, 0.3) is 10.8 Å². The van der Waals surface area contributed by atoms with Crippen LogP contribution in [-0.2, 0) is 28.9 Å². The number of fused-ring (bicyclic) bond motifs is 1. The molecule has 242 valence electrons. The van der Waals surface area contributed by atoms with Crippen LogP contribution in [0.15, 0.2) is 115 Å². The molecule has 0 spiro atoms. The monoisotopic (exact) mass is 646 g/mol. The number of thiophene rings is 1. The van der Waals surface area contributed by atoms with Crippen LogP contribution in [-0.4, -0.2) is 60.2 Å². The third kappa shape index (κ3) is 8.52. The normalized spacial score (nSPS) is 13.0. The maximum atomic E-state index is 14.6. The average molecular weight is 647 g/mol. The van der Waals surface area contributed by atoms with E-state index in [9.17, 15) is 14.4 Å². The molecule has 0 aliphatic rings. The van der Waals surface area contributed by atoms with Crippen molar-refractivity contribution in [1.29, 1.82) is 0 Å². The van der Waals surface area contributed by atoms with Gasteiger partial charge in [-0.2, -0.15) is 0 Å². The fourth-order valence-corrected chi connectivity index (χ4v) is 6.53. The summed E-state index contributed by atoms with van der Waals surface area (Å²) < 4.78 is 0. The Labute approximate surface area is 281 Å². The van der Waals surface area contributed by atoms with Crippen LogP contribution < -0.4 is 11.1 Å². The number of carbonyl (C=O) groups is 3. The number of hydrogen-bond donors (Lipinski definition) is 2. The fraction of sp³-hybridized carbons (Fsp3) is 0.256. The second kappa shape index (κ2) is 15.7. The minimum absolute atomic E-state index is 0.228. The van der Waals surface area contributed by atoms with Crippen molar-refractivity contribution in [3.8, 4) is 0 Å². The smallest absolute Gasteiger partial charge is 0.254 e. The van der Waals surface area contributed by atoms with Gasteiger partial charge in [-0.05, 0) is 64.4 Å². The highest BCUT2D eigenvalue weighted by Crippen LogP contribution is 2.22. The third-order valence-corrected chi connectivity index (χ3v) is 9.52. The summed E-state index contributed by atoms with van der Waals surface area (Å²) in [5.74, 6) is -0.826. The Morgan fingerprint density at radius 3 is 2.21 bits per heavy atom. The first-order valence-corrected chi connectivity index (χ1v) is 16.8. The summed E-state index contributed by atoms with van der Waals surface area (Å²) in [6, 6.07) is 33.4. The Morgan fingerprint density at radius 1 is 0.745 bits per heavy atom. The maximum Gasteiger partial charge on any atom is 0.254 e. The molecule has 8 heteroatoms. The van der Waals surface area contributed by atoms with E-state index in [2.05, 4.69) is 11.4 Å². The summed E-state index contributed by atoms with van der Waals surface area (Å²) in [5.41, 5.74) is 9.44. The number of hydrogen-bond acceptors (Lipinski definition) is 5. The molecule has 0 radical (unpaired) electrons. The van der Waals surface area contributed by atoms with Crippen LogP contribution >= 0.6 is 11.3 Å². The van der Waals surface area contributed by atoms with Gasteiger partial charge in [0.05, 0.1) is 0 Å². The minimum atomic E-state index is -0.865. The van der Waals surface area contributed by atoms with E-state index in [0.717, 1.165) is 32.3 Å². The third-order valence-electron chi connectivity index (χ3n) is 8.62. The first kappa shape index (κ1) is 33.6. The van der Waals surface area contributed by atoms with E-state index in [1.807, 2.05) is 103 Å². The van der Waals surface area contributed by atoms with E-state index >= 15 is 0 Å². The number of nitrogens with zero attached hydrogens (tertiary/aromatic N) is 2. The molecule has 3 amide bonds. The number of amides is 3. The molecule has 7 nitrogen and oxygen atoms in total. The van der Waals surface area contributed by atoms with Gasteiger partial charge in [-0.1, -0.05) is 91.0 Å². The molecular formula is C39H42N4O3S. The molecule has 0 aliphatic carbocycles. The molecule has 0 saturated carbocycles. The number of likely N-dealkylation sites (N-methyl/N-ethyl adjacent to an activating group) is 2. The highest BCUT2D eigenvalue weighted by Gasteiger charge is 2.35. The summed E-state index contributed by atoms with van der Waals surface area (Å²) >= 11 is 1.55. The molecular weight excluding hydrogens is 605 g/mol. The fourth-order valence-electron chi connectivity index (χ4n) is 5.78. The summed E-state index contributed by atoms with van der Waals surface area (Å²) in [4.78, 5) is 46.3. The van der Waals surface area contributed by atoms with E-state index in [1.54, 1.807) is 37.6 Å². The molecule has 0 aliphatic heterocycles. The Bertz CT molecular complexity index is 1810. The van der Waals surface area contributed by atoms with Gasteiger partial charge in [-0.15, -0.1) is 11.3 Å².